The first-order valence-electron chi connectivity index (χ1n) is 9.08. The minimum absolute atomic E-state index is 0.00219. The Kier molecular flexibility index (Phi) is 5.81. The monoisotopic (exact) mass is 465 g/mol. The van der Waals surface area contributed by atoms with Gasteiger partial charge in [0.1, 0.15) is 10.5 Å². The van der Waals surface area contributed by atoms with Gasteiger partial charge in [-0.2, -0.15) is 0 Å². The highest BCUT2D eigenvalue weighted by atomic mass is 35.5. The third kappa shape index (κ3) is 3.94. The van der Waals surface area contributed by atoms with E-state index in [1.165, 1.54) is 23.5 Å². The number of carbonyl (C=O) groups is 1. The summed E-state index contributed by atoms with van der Waals surface area (Å²) in [6, 6.07) is 5.88. The summed E-state index contributed by atoms with van der Waals surface area (Å²) in [4.78, 5) is 25.2. The molecule has 3 heterocycles. The summed E-state index contributed by atoms with van der Waals surface area (Å²) in [7, 11) is 0. The second kappa shape index (κ2) is 8.37. The molecule has 1 aromatic carbocycles. The molecule has 0 fully saturated rings. The maximum Gasteiger partial charge on any atom is 0.272 e. The Bertz CT molecular complexity index is 1310. The van der Waals surface area contributed by atoms with Crippen molar-refractivity contribution in [2.45, 2.75) is 25.5 Å². The zero-order valence-electron chi connectivity index (χ0n) is 16.1. The number of anilines is 1. The van der Waals surface area contributed by atoms with Gasteiger partial charge < -0.3 is 5.32 Å². The van der Waals surface area contributed by atoms with E-state index in [4.69, 9.17) is 11.6 Å². The van der Waals surface area contributed by atoms with Gasteiger partial charge in [0.2, 0.25) is 11.7 Å². The van der Waals surface area contributed by atoms with Crippen LogP contribution in [0, 0.1) is 11.7 Å². The van der Waals surface area contributed by atoms with Crippen molar-refractivity contribution < 1.29 is 9.18 Å². The lowest BCUT2D eigenvalue weighted by Crippen LogP contribution is -2.24. The van der Waals surface area contributed by atoms with Crippen LogP contribution in [0.4, 0.5) is 10.1 Å². The molecule has 4 rings (SSSR count). The van der Waals surface area contributed by atoms with Gasteiger partial charge in [-0.05, 0) is 35.6 Å². The fraction of sp³-hybridized carbons (Fsp3) is 0.263. The molecule has 0 aliphatic carbocycles. The van der Waals surface area contributed by atoms with Gasteiger partial charge in [-0.1, -0.05) is 37.2 Å². The minimum Gasteiger partial charge on any atom is -0.323 e. The Hall–Kier alpha value is -2.43. The molecular weight excluding hydrogens is 449 g/mol. The van der Waals surface area contributed by atoms with Crippen molar-refractivity contribution in [2.75, 3.05) is 11.1 Å². The Labute approximate surface area is 183 Å². The summed E-state index contributed by atoms with van der Waals surface area (Å²) in [5.74, 6) is -0.317. The first-order valence-corrected chi connectivity index (χ1v) is 11.3. The molecule has 0 aliphatic heterocycles. The van der Waals surface area contributed by atoms with Crippen LogP contribution in [0.5, 0.6) is 0 Å². The van der Waals surface area contributed by atoms with E-state index < -0.39 is 11.7 Å². The molecule has 0 bridgehead atoms. The minimum atomic E-state index is -0.605. The predicted molar refractivity (Wildman–Crippen MR) is 118 cm³/mol. The van der Waals surface area contributed by atoms with Crippen molar-refractivity contribution in [1.82, 2.24) is 19.2 Å². The Morgan fingerprint density at radius 1 is 1.33 bits per heavy atom. The van der Waals surface area contributed by atoms with Gasteiger partial charge in [-0.15, -0.1) is 21.5 Å². The number of fused-ring (bicyclic) bond motifs is 3. The van der Waals surface area contributed by atoms with Crippen LogP contribution in [0.3, 0.4) is 0 Å². The Balaban J connectivity index is 1.63. The van der Waals surface area contributed by atoms with E-state index in [0.717, 1.165) is 17.8 Å². The summed E-state index contributed by atoms with van der Waals surface area (Å²) >= 11 is 8.26. The summed E-state index contributed by atoms with van der Waals surface area (Å²) in [5.41, 5.74) is 0.667. The van der Waals surface area contributed by atoms with Gasteiger partial charge in [0.15, 0.2) is 5.16 Å². The van der Waals surface area contributed by atoms with Crippen LogP contribution >= 0.6 is 34.7 Å². The van der Waals surface area contributed by atoms with Crippen LogP contribution in [0.25, 0.3) is 16.0 Å². The van der Waals surface area contributed by atoms with Crippen molar-refractivity contribution in [3.63, 3.8) is 0 Å². The number of benzene rings is 1. The number of aromatic nitrogens is 4. The first kappa shape index (κ1) is 20.8. The molecule has 0 spiro atoms. The zero-order chi connectivity index (χ0) is 21.4. The third-order valence-electron chi connectivity index (χ3n) is 4.27. The van der Waals surface area contributed by atoms with Crippen LogP contribution in [0.2, 0.25) is 5.02 Å². The maximum absolute atomic E-state index is 13.9. The van der Waals surface area contributed by atoms with Crippen molar-refractivity contribution in [3.05, 3.63) is 50.8 Å². The topological polar surface area (TPSA) is 81.3 Å². The summed E-state index contributed by atoms with van der Waals surface area (Å²) in [6.07, 6.45) is 0. The molecule has 0 aliphatic rings. The second-order valence-corrected chi connectivity index (χ2v) is 9.32. The largest absolute Gasteiger partial charge is 0.323 e. The summed E-state index contributed by atoms with van der Waals surface area (Å²) in [6.45, 7) is 4.55. The van der Waals surface area contributed by atoms with Crippen molar-refractivity contribution >= 4 is 62.3 Å². The average molecular weight is 466 g/mol. The lowest BCUT2D eigenvalue weighted by molar-refractivity contribution is -0.113. The van der Waals surface area contributed by atoms with Gasteiger partial charge in [0.05, 0.1) is 17.0 Å². The molecule has 7 nitrogen and oxygen atoms in total. The molecule has 0 saturated carbocycles. The highest BCUT2D eigenvalue weighted by molar-refractivity contribution is 7.99. The molecule has 0 radical (unpaired) electrons. The molecule has 0 atom stereocenters. The zero-order valence-corrected chi connectivity index (χ0v) is 18.4. The number of hydrogen-bond donors (Lipinski definition) is 1. The number of halogens is 2. The van der Waals surface area contributed by atoms with E-state index in [1.54, 1.807) is 8.97 Å². The maximum atomic E-state index is 13.9. The number of thiophene rings is 1. The number of amides is 1. The number of hydrogen-bond acceptors (Lipinski definition) is 6. The molecule has 30 heavy (non-hydrogen) atoms. The summed E-state index contributed by atoms with van der Waals surface area (Å²) in [5, 5.41) is 13.5. The van der Waals surface area contributed by atoms with Gasteiger partial charge in [-0.25, -0.2) is 4.39 Å². The number of nitrogens with one attached hydrogen (secondary N) is 1. The number of nitrogens with zero attached hydrogens (tertiary/aromatic N) is 4. The van der Waals surface area contributed by atoms with E-state index in [2.05, 4.69) is 15.5 Å². The van der Waals surface area contributed by atoms with Gasteiger partial charge in [0, 0.05) is 11.6 Å². The summed E-state index contributed by atoms with van der Waals surface area (Å²) < 4.78 is 17.9. The highest BCUT2D eigenvalue weighted by Crippen LogP contribution is 2.25. The van der Waals surface area contributed by atoms with Crippen LogP contribution in [-0.4, -0.2) is 30.8 Å². The lowest BCUT2D eigenvalue weighted by Gasteiger charge is -2.11. The SMILES string of the molecule is CC(C)Cn1c(=O)c2sccc2n2c(SCC(=O)Nc3ccc(Cl)cc3F)nnc12. The number of rotatable bonds is 6. The van der Waals surface area contributed by atoms with E-state index in [0.29, 0.717) is 27.7 Å². The van der Waals surface area contributed by atoms with E-state index in [1.807, 2.05) is 25.3 Å². The van der Waals surface area contributed by atoms with Crippen LogP contribution in [-0.2, 0) is 11.3 Å². The Morgan fingerprint density at radius 2 is 2.13 bits per heavy atom. The number of carbonyl (C=O) groups excluding carboxylic acids is 1. The molecule has 0 unspecified atom stereocenters. The number of thioether (sulfide) groups is 1. The van der Waals surface area contributed by atoms with E-state index in [-0.39, 0.29) is 27.9 Å². The van der Waals surface area contributed by atoms with Crippen LogP contribution in [0.15, 0.2) is 39.6 Å². The van der Waals surface area contributed by atoms with Crippen molar-refractivity contribution in [1.29, 1.82) is 0 Å². The molecule has 4 aromatic rings. The highest BCUT2D eigenvalue weighted by Gasteiger charge is 2.19. The molecule has 11 heteroatoms. The fourth-order valence-electron chi connectivity index (χ4n) is 3.03. The smallest absolute Gasteiger partial charge is 0.272 e. The standard InChI is InChI=1S/C19H17ClFN5O2S2/c1-10(2)8-25-17(28)16-14(5-6-29-16)26-18(25)23-24-19(26)30-9-15(27)22-13-4-3-11(20)7-12(13)21/h3-7,10H,8-9H2,1-2H3,(H,22,27). The molecule has 1 N–H and O–H groups in total. The molecule has 3 aromatic heterocycles. The van der Waals surface area contributed by atoms with Crippen molar-refractivity contribution in [2.24, 2.45) is 5.92 Å². The van der Waals surface area contributed by atoms with Gasteiger partial charge in [0.25, 0.3) is 5.56 Å². The molecule has 1 amide bonds. The van der Waals surface area contributed by atoms with E-state index >= 15 is 0 Å². The van der Waals surface area contributed by atoms with Crippen LogP contribution < -0.4 is 10.9 Å². The van der Waals surface area contributed by atoms with Crippen LogP contribution in [0.1, 0.15) is 13.8 Å². The average Bonchev–Trinajstić information content (AvgIpc) is 3.32. The lowest BCUT2D eigenvalue weighted by atomic mass is 10.2. The van der Waals surface area contributed by atoms with E-state index in [9.17, 15) is 14.0 Å². The molecule has 0 saturated heterocycles. The Morgan fingerprint density at radius 3 is 2.87 bits per heavy atom. The van der Waals surface area contributed by atoms with Crippen molar-refractivity contribution in [3.8, 4) is 0 Å². The quantitative estimate of drug-likeness (QED) is 0.430. The van der Waals surface area contributed by atoms with Gasteiger partial charge in [-0.3, -0.25) is 18.6 Å². The third-order valence-corrected chi connectivity index (χ3v) is 6.32. The normalized spacial score (nSPS) is 11.6. The molecular formula is C19H17ClFN5O2S2. The fourth-order valence-corrected chi connectivity index (χ4v) is 4.75. The predicted octanol–water partition coefficient (Wildman–Crippen LogP) is 4.29. The molecule has 156 valence electrons. The second-order valence-electron chi connectivity index (χ2n) is 7.02. The van der Waals surface area contributed by atoms with Gasteiger partial charge >= 0.3 is 0 Å². The first-order chi connectivity index (χ1) is 14.3.